The smallest absolute Gasteiger partial charge is 0.252 e. The van der Waals surface area contributed by atoms with Gasteiger partial charge >= 0.3 is 0 Å². The maximum Gasteiger partial charge on any atom is 0.252 e. The molecule has 3 rings (SSSR count). The molecule has 1 N–H and O–H groups in total. The van der Waals surface area contributed by atoms with Crippen LogP contribution in [0.15, 0.2) is 42.5 Å². The zero-order valence-corrected chi connectivity index (χ0v) is 14.3. The number of rotatable bonds is 3. The molecule has 0 radical (unpaired) electrons. The molecular weight excluding hydrogens is 300 g/mol. The maximum absolute atomic E-state index is 12.7. The summed E-state index contributed by atoms with van der Waals surface area (Å²) in [6.07, 6.45) is 0.628. The van der Waals surface area contributed by atoms with Crippen LogP contribution in [0.1, 0.15) is 33.5 Å². The molecule has 2 amide bonds. The van der Waals surface area contributed by atoms with Crippen molar-refractivity contribution in [3.8, 4) is 0 Å². The van der Waals surface area contributed by atoms with E-state index in [4.69, 9.17) is 0 Å². The molecule has 0 aromatic heterocycles. The van der Waals surface area contributed by atoms with Crippen molar-refractivity contribution in [2.45, 2.75) is 33.2 Å². The highest BCUT2D eigenvalue weighted by Crippen LogP contribution is 2.24. The summed E-state index contributed by atoms with van der Waals surface area (Å²) < 4.78 is 0. The normalized spacial score (nSPS) is 17.2. The molecule has 1 saturated heterocycles. The van der Waals surface area contributed by atoms with Crippen molar-refractivity contribution in [2.75, 3.05) is 11.4 Å². The topological polar surface area (TPSA) is 49.4 Å². The second-order valence-electron chi connectivity index (χ2n) is 6.39. The van der Waals surface area contributed by atoms with E-state index in [1.54, 1.807) is 11.0 Å². The second-order valence-corrected chi connectivity index (χ2v) is 6.39. The number of aryl methyl sites for hydroxylation is 3. The number of hydrogen-bond donors (Lipinski definition) is 1. The molecule has 0 spiro atoms. The lowest BCUT2D eigenvalue weighted by molar-refractivity contribution is -0.118. The van der Waals surface area contributed by atoms with Gasteiger partial charge in [0.25, 0.3) is 5.91 Å². The van der Waals surface area contributed by atoms with E-state index in [1.807, 2.05) is 50.2 Å². The van der Waals surface area contributed by atoms with Crippen molar-refractivity contribution < 1.29 is 9.59 Å². The van der Waals surface area contributed by atoms with E-state index in [1.165, 1.54) is 5.56 Å². The summed E-state index contributed by atoms with van der Waals surface area (Å²) in [5.41, 5.74) is 4.79. The van der Waals surface area contributed by atoms with Gasteiger partial charge in [0.05, 0.1) is 0 Å². The molecular formula is C20H22N2O2. The Labute approximate surface area is 142 Å². The van der Waals surface area contributed by atoms with Crippen LogP contribution >= 0.6 is 0 Å². The molecule has 4 heteroatoms. The lowest BCUT2D eigenvalue weighted by Crippen LogP contribution is -2.41. The number of hydrogen-bond acceptors (Lipinski definition) is 2. The number of nitrogens with zero attached hydrogens (tertiary/aromatic N) is 1. The molecule has 2 aromatic carbocycles. The summed E-state index contributed by atoms with van der Waals surface area (Å²) in [6.45, 7) is 6.61. The van der Waals surface area contributed by atoms with Gasteiger partial charge in [0.15, 0.2) is 0 Å². The summed E-state index contributed by atoms with van der Waals surface area (Å²) >= 11 is 0. The van der Waals surface area contributed by atoms with Gasteiger partial charge in [0.1, 0.15) is 6.04 Å². The van der Waals surface area contributed by atoms with E-state index < -0.39 is 6.04 Å². The van der Waals surface area contributed by atoms with E-state index in [0.717, 1.165) is 16.8 Å². The Morgan fingerprint density at radius 2 is 1.79 bits per heavy atom. The fraction of sp³-hybridized carbons (Fsp3) is 0.300. The number of carbonyl (C=O) groups excluding carboxylic acids is 2. The van der Waals surface area contributed by atoms with E-state index in [0.29, 0.717) is 18.5 Å². The van der Waals surface area contributed by atoms with Crippen molar-refractivity contribution in [1.82, 2.24) is 5.32 Å². The van der Waals surface area contributed by atoms with Crippen LogP contribution in [0.4, 0.5) is 5.69 Å². The van der Waals surface area contributed by atoms with Crippen LogP contribution in [0.3, 0.4) is 0 Å². The molecule has 1 aliphatic rings. The Bertz CT molecular complexity index is 798. The SMILES string of the molecule is Cc1ccc(N2CC[C@H](NC(=O)c3ccccc3C)C2=O)cc1C. The van der Waals surface area contributed by atoms with E-state index >= 15 is 0 Å². The Balaban J connectivity index is 1.73. The second kappa shape index (κ2) is 6.48. The van der Waals surface area contributed by atoms with Crippen molar-refractivity contribution in [1.29, 1.82) is 0 Å². The molecule has 1 fully saturated rings. The molecule has 1 aliphatic heterocycles. The quantitative estimate of drug-likeness (QED) is 0.944. The van der Waals surface area contributed by atoms with Gasteiger partial charge < -0.3 is 10.2 Å². The number of benzene rings is 2. The fourth-order valence-electron chi connectivity index (χ4n) is 3.03. The molecule has 1 atom stereocenters. The lowest BCUT2D eigenvalue weighted by Gasteiger charge is -2.18. The van der Waals surface area contributed by atoms with Gasteiger partial charge in [0, 0.05) is 17.8 Å². The van der Waals surface area contributed by atoms with Gasteiger partial charge in [-0.15, -0.1) is 0 Å². The molecule has 0 bridgehead atoms. The molecule has 0 unspecified atom stereocenters. The first-order valence-corrected chi connectivity index (χ1v) is 8.22. The Morgan fingerprint density at radius 1 is 1.04 bits per heavy atom. The number of carbonyl (C=O) groups is 2. The van der Waals surface area contributed by atoms with Crippen LogP contribution in [-0.2, 0) is 4.79 Å². The summed E-state index contributed by atoms with van der Waals surface area (Å²) in [7, 11) is 0. The zero-order chi connectivity index (χ0) is 17.3. The van der Waals surface area contributed by atoms with Gasteiger partial charge in [-0.05, 0) is 62.1 Å². The monoisotopic (exact) mass is 322 g/mol. The molecule has 4 nitrogen and oxygen atoms in total. The fourth-order valence-corrected chi connectivity index (χ4v) is 3.03. The van der Waals surface area contributed by atoms with Crippen LogP contribution in [0.25, 0.3) is 0 Å². The molecule has 24 heavy (non-hydrogen) atoms. The first kappa shape index (κ1) is 16.2. The standard InChI is InChI=1S/C20H22N2O2/c1-13-8-9-16(12-15(13)3)22-11-10-18(20(22)24)21-19(23)17-7-5-4-6-14(17)2/h4-9,12,18H,10-11H2,1-3H3,(H,21,23)/t18-/m0/s1. The maximum atomic E-state index is 12.7. The number of amides is 2. The number of nitrogens with one attached hydrogen (secondary N) is 1. The minimum Gasteiger partial charge on any atom is -0.340 e. The van der Waals surface area contributed by atoms with Gasteiger partial charge in [-0.25, -0.2) is 0 Å². The Hall–Kier alpha value is -2.62. The van der Waals surface area contributed by atoms with Crippen molar-refractivity contribution in [3.05, 3.63) is 64.7 Å². The third kappa shape index (κ3) is 3.04. The Kier molecular flexibility index (Phi) is 4.38. The van der Waals surface area contributed by atoms with Crippen LogP contribution in [-0.4, -0.2) is 24.4 Å². The minimum absolute atomic E-state index is 0.0415. The zero-order valence-electron chi connectivity index (χ0n) is 14.3. The molecule has 2 aromatic rings. The average molecular weight is 322 g/mol. The van der Waals surface area contributed by atoms with Crippen molar-refractivity contribution in [2.24, 2.45) is 0 Å². The van der Waals surface area contributed by atoms with Crippen LogP contribution in [0.5, 0.6) is 0 Å². The largest absolute Gasteiger partial charge is 0.340 e. The van der Waals surface area contributed by atoms with Crippen LogP contribution in [0.2, 0.25) is 0 Å². The Morgan fingerprint density at radius 3 is 2.50 bits per heavy atom. The van der Waals surface area contributed by atoms with Gasteiger partial charge in [-0.1, -0.05) is 24.3 Å². The summed E-state index contributed by atoms with van der Waals surface area (Å²) in [5.74, 6) is -0.228. The average Bonchev–Trinajstić information content (AvgIpc) is 2.91. The minimum atomic E-state index is -0.460. The highest BCUT2D eigenvalue weighted by molar-refractivity contribution is 6.04. The van der Waals surface area contributed by atoms with Crippen molar-refractivity contribution >= 4 is 17.5 Å². The first-order chi connectivity index (χ1) is 11.5. The third-order valence-corrected chi connectivity index (χ3v) is 4.70. The van der Waals surface area contributed by atoms with E-state index in [-0.39, 0.29) is 11.8 Å². The predicted octanol–water partition coefficient (Wildman–Crippen LogP) is 3.15. The predicted molar refractivity (Wildman–Crippen MR) is 95.3 cm³/mol. The lowest BCUT2D eigenvalue weighted by atomic mass is 10.1. The van der Waals surface area contributed by atoms with Crippen molar-refractivity contribution in [3.63, 3.8) is 0 Å². The highest BCUT2D eigenvalue weighted by atomic mass is 16.2. The molecule has 0 saturated carbocycles. The van der Waals surface area contributed by atoms with E-state index in [9.17, 15) is 9.59 Å². The first-order valence-electron chi connectivity index (χ1n) is 8.22. The van der Waals surface area contributed by atoms with Gasteiger partial charge in [-0.3, -0.25) is 9.59 Å². The summed E-state index contributed by atoms with van der Waals surface area (Å²) in [6, 6.07) is 13.0. The van der Waals surface area contributed by atoms with Crippen LogP contribution < -0.4 is 10.2 Å². The summed E-state index contributed by atoms with van der Waals surface area (Å²) in [5, 5.41) is 2.88. The molecule has 1 heterocycles. The van der Waals surface area contributed by atoms with Gasteiger partial charge in [-0.2, -0.15) is 0 Å². The molecule has 0 aliphatic carbocycles. The molecule has 124 valence electrons. The van der Waals surface area contributed by atoms with Crippen LogP contribution in [0, 0.1) is 20.8 Å². The van der Waals surface area contributed by atoms with Gasteiger partial charge in [0.2, 0.25) is 5.91 Å². The third-order valence-electron chi connectivity index (χ3n) is 4.70. The highest BCUT2D eigenvalue weighted by Gasteiger charge is 2.34. The summed E-state index contributed by atoms with van der Waals surface area (Å²) in [4.78, 5) is 26.9. The van der Waals surface area contributed by atoms with E-state index in [2.05, 4.69) is 12.2 Å². The number of anilines is 1.